The molecule has 3 heteroatoms. The van der Waals surface area contributed by atoms with Gasteiger partial charge in [-0.2, -0.15) is 0 Å². The van der Waals surface area contributed by atoms with Crippen molar-refractivity contribution in [3.8, 4) is 5.75 Å². The summed E-state index contributed by atoms with van der Waals surface area (Å²) in [6, 6.07) is 5.83. The highest BCUT2D eigenvalue weighted by Gasteiger charge is 2.16. The van der Waals surface area contributed by atoms with Crippen LogP contribution in [0.3, 0.4) is 0 Å². The van der Waals surface area contributed by atoms with Gasteiger partial charge >= 0.3 is 5.97 Å². The van der Waals surface area contributed by atoms with E-state index < -0.39 is 5.97 Å². The number of hydrogen-bond donors (Lipinski definition) is 1. The number of ether oxygens (including phenoxy) is 1. The molecule has 0 aliphatic carbocycles. The van der Waals surface area contributed by atoms with Gasteiger partial charge < -0.3 is 9.84 Å². The molecular weight excluding hydrogens is 192 g/mol. The molecule has 0 saturated heterocycles. The molecule has 0 bridgehead atoms. The van der Waals surface area contributed by atoms with E-state index in [0.717, 1.165) is 0 Å². The van der Waals surface area contributed by atoms with Crippen molar-refractivity contribution in [1.29, 1.82) is 0 Å². The average Bonchev–Trinajstić information content (AvgIpc) is 2.27. The van der Waals surface area contributed by atoms with Gasteiger partial charge in [0, 0.05) is 11.5 Å². The van der Waals surface area contributed by atoms with Gasteiger partial charge in [0.25, 0.3) is 0 Å². The molecule has 1 aromatic carbocycles. The first-order chi connectivity index (χ1) is 7.11. The number of carbonyl (C=O) groups excluding carboxylic acids is 1. The summed E-state index contributed by atoms with van der Waals surface area (Å²) >= 11 is 0. The Kier molecular flexibility index (Phi) is 3.50. The standard InChI is InChI=1S/C12H13O3/c1-4-8(2)9-6-5-7-10(11(9)13)12(14)15-3/h4,6-8,13H,1H2,2-3H3. The average molecular weight is 205 g/mol. The molecule has 0 amide bonds. The van der Waals surface area contributed by atoms with Crippen LogP contribution in [0.2, 0.25) is 0 Å². The van der Waals surface area contributed by atoms with Gasteiger partial charge in [0.15, 0.2) is 0 Å². The Bertz CT molecular complexity index is 382. The second-order valence-corrected chi connectivity index (χ2v) is 3.19. The molecule has 1 unspecified atom stereocenters. The first kappa shape index (κ1) is 11.3. The van der Waals surface area contributed by atoms with Crippen LogP contribution >= 0.6 is 0 Å². The fraction of sp³-hybridized carbons (Fsp3) is 0.250. The monoisotopic (exact) mass is 205 g/mol. The molecule has 0 aromatic heterocycles. The van der Waals surface area contributed by atoms with Crippen molar-refractivity contribution in [2.75, 3.05) is 7.11 Å². The van der Waals surface area contributed by atoms with Gasteiger partial charge in [0.1, 0.15) is 11.3 Å². The lowest BCUT2D eigenvalue weighted by molar-refractivity contribution is 0.0597. The second-order valence-electron chi connectivity index (χ2n) is 3.19. The minimum atomic E-state index is -0.568. The SMILES string of the molecule is C=CC(C)c1c[c]cc(C(=O)OC)c1O. The van der Waals surface area contributed by atoms with Crippen molar-refractivity contribution in [3.63, 3.8) is 0 Å². The van der Waals surface area contributed by atoms with Crippen LogP contribution in [0, 0.1) is 6.07 Å². The zero-order valence-electron chi connectivity index (χ0n) is 8.78. The van der Waals surface area contributed by atoms with Gasteiger partial charge in [-0.25, -0.2) is 4.79 Å². The predicted molar refractivity (Wildman–Crippen MR) is 56.9 cm³/mol. The van der Waals surface area contributed by atoms with Crippen molar-refractivity contribution in [1.82, 2.24) is 0 Å². The molecule has 15 heavy (non-hydrogen) atoms. The van der Waals surface area contributed by atoms with E-state index in [1.165, 1.54) is 13.2 Å². The quantitative estimate of drug-likeness (QED) is 0.608. The molecule has 0 aliphatic rings. The minimum Gasteiger partial charge on any atom is -0.507 e. The fourth-order valence-corrected chi connectivity index (χ4v) is 1.25. The third-order valence-electron chi connectivity index (χ3n) is 2.24. The molecule has 1 aromatic rings. The maximum atomic E-state index is 11.3. The fourth-order valence-electron chi connectivity index (χ4n) is 1.25. The number of phenolic OH excluding ortho intramolecular Hbond substituents is 1. The second kappa shape index (κ2) is 4.64. The Morgan fingerprint density at radius 2 is 2.33 bits per heavy atom. The molecule has 0 heterocycles. The number of carbonyl (C=O) groups is 1. The molecule has 0 fully saturated rings. The summed E-state index contributed by atoms with van der Waals surface area (Å²) in [4.78, 5) is 11.3. The van der Waals surface area contributed by atoms with E-state index in [-0.39, 0.29) is 17.2 Å². The Labute approximate surface area is 89.0 Å². The number of allylic oxidation sites excluding steroid dienone is 1. The lowest BCUT2D eigenvalue weighted by Gasteiger charge is -2.11. The van der Waals surface area contributed by atoms with Gasteiger partial charge in [0.05, 0.1) is 7.11 Å². The lowest BCUT2D eigenvalue weighted by Crippen LogP contribution is -2.03. The molecule has 1 rings (SSSR count). The van der Waals surface area contributed by atoms with Crippen molar-refractivity contribution in [2.24, 2.45) is 0 Å². The van der Waals surface area contributed by atoms with Crippen LogP contribution in [-0.4, -0.2) is 18.2 Å². The third kappa shape index (κ3) is 2.18. The summed E-state index contributed by atoms with van der Waals surface area (Å²) in [6.45, 7) is 5.50. The largest absolute Gasteiger partial charge is 0.507 e. The number of methoxy groups -OCH3 is 1. The summed E-state index contributed by atoms with van der Waals surface area (Å²) in [5.74, 6) is -0.666. The van der Waals surface area contributed by atoms with Crippen LogP contribution in [-0.2, 0) is 4.74 Å². The summed E-state index contributed by atoms with van der Waals surface area (Å²) in [7, 11) is 1.27. The van der Waals surface area contributed by atoms with Gasteiger partial charge in [-0.1, -0.05) is 13.0 Å². The highest BCUT2D eigenvalue weighted by molar-refractivity contribution is 5.92. The normalized spacial score (nSPS) is 11.9. The Balaban J connectivity index is 3.22. The van der Waals surface area contributed by atoms with E-state index >= 15 is 0 Å². The number of aromatic hydroxyl groups is 1. The lowest BCUT2D eigenvalue weighted by atomic mass is 9.98. The zero-order chi connectivity index (χ0) is 11.4. The van der Waals surface area contributed by atoms with Crippen molar-refractivity contribution >= 4 is 5.97 Å². The summed E-state index contributed by atoms with van der Waals surface area (Å²) < 4.78 is 4.54. The number of phenols is 1. The molecule has 0 spiro atoms. The van der Waals surface area contributed by atoms with E-state index in [9.17, 15) is 9.90 Å². The van der Waals surface area contributed by atoms with Crippen LogP contribution in [0.1, 0.15) is 28.8 Å². The van der Waals surface area contributed by atoms with E-state index in [1.807, 2.05) is 6.92 Å². The third-order valence-corrected chi connectivity index (χ3v) is 2.24. The Morgan fingerprint density at radius 3 is 2.87 bits per heavy atom. The van der Waals surface area contributed by atoms with E-state index in [1.54, 1.807) is 12.1 Å². The molecule has 3 nitrogen and oxygen atoms in total. The van der Waals surface area contributed by atoms with Crippen molar-refractivity contribution < 1.29 is 14.6 Å². The van der Waals surface area contributed by atoms with Gasteiger partial charge in [0.2, 0.25) is 0 Å². The number of esters is 1. The first-order valence-electron chi connectivity index (χ1n) is 4.55. The highest BCUT2D eigenvalue weighted by Crippen LogP contribution is 2.29. The Morgan fingerprint density at radius 1 is 1.67 bits per heavy atom. The van der Waals surface area contributed by atoms with Crippen LogP contribution in [0.4, 0.5) is 0 Å². The molecule has 1 N–H and O–H groups in total. The van der Waals surface area contributed by atoms with Crippen molar-refractivity contribution in [3.05, 3.63) is 42.0 Å². The minimum absolute atomic E-state index is 0.0362. The number of hydrogen-bond acceptors (Lipinski definition) is 3. The molecule has 0 saturated carbocycles. The van der Waals surface area contributed by atoms with Gasteiger partial charge in [-0.15, -0.1) is 6.58 Å². The highest BCUT2D eigenvalue weighted by atomic mass is 16.5. The smallest absolute Gasteiger partial charge is 0.341 e. The van der Waals surface area contributed by atoms with E-state index in [4.69, 9.17) is 0 Å². The molecule has 0 aliphatic heterocycles. The van der Waals surface area contributed by atoms with Crippen LogP contribution in [0.5, 0.6) is 5.75 Å². The molecule has 79 valence electrons. The topological polar surface area (TPSA) is 46.5 Å². The molecule has 1 radical (unpaired) electrons. The van der Waals surface area contributed by atoms with E-state index in [0.29, 0.717) is 5.56 Å². The maximum Gasteiger partial charge on any atom is 0.341 e. The predicted octanol–water partition coefficient (Wildman–Crippen LogP) is 2.27. The summed E-state index contributed by atoms with van der Waals surface area (Å²) in [5, 5.41) is 9.82. The number of benzene rings is 1. The van der Waals surface area contributed by atoms with Crippen molar-refractivity contribution in [2.45, 2.75) is 12.8 Å². The Hall–Kier alpha value is -1.77. The van der Waals surface area contributed by atoms with E-state index in [2.05, 4.69) is 17.4 Å². The van der Waals surface area contributed by atoms with Crippen LogP contribution < -0.4 is 0 Å². The first-order valence-corrected chi connectivity index (χ1v) is 4.55. The summed E-state index contributed by atoms with van der Waals surface area (Å²) in [6.07, 6.45) is 1.68. The van der Waals surface area contributed by atoms with Crippen LogP contribution in [0.25, 0.3) is 0 Å². The van der Waals surface area contributed by atoms with Crippen LogP contribution in [0.15, 0.2) is 24.8 Å². The number of rotatable bonds is 3. The van der Waals surface area contributed by atoms with Gasteiger partial charge in [-0.3, -0.25) is 0 Å². The molecular formula is C12H13O3. The zero-order valence-corrected chi connectivity index (χ0v) is 8.78. The molecule has 1 atom stereocenters. The summed E-state index contributed by atoms with van der Waals surface area (Å²) in [5.41, 5.74) is 0.747. The van der Waals surface area contributed by atoms with Gasteiger partial charge in [-0.05, 0) is 18.2 Å². The maximum absolute atomic E-state index is 11.3.